The molecule has 3 aromatic rings. The van der Waals surface area contributed by atoms with Crippen LogP contribution in [0.3, 0.4) is 0 Å². The molecule has 0 saturated heterocycles. The van der Waals surface area contributed by atoms with E-state index in [1.165, 1.54) is 23.1 Å². The number of hydrogen-bond donors (Lipinski definition) is 1. The number of nitrogens with zero attached hydrogens (tertiary/aromatic N) is 2. The number of hydrogen-bond acceptors (Lipinski definition) is 4. The van der Waals surface area contributed by atoms with Crippen LogP contribution >= 0.6 is 34.8 Å². The van der Waals surface area contributed by atoms with Gasteiger partial charge in [-0.3, -0.25) is 13.9 Å². The summed E-state index contributed by atoms with van der Waals surface area (Å²) in [6.07, 6.45) is 0. The highest BCUT2D eigenvalue weighted by Crippen LogP contribution is 2.29. The summed E-state index contributed by atoms with van der Waals surface area (Å²) >= 11 is 19.0. The van der Waals surface area contributed by atoms with Crippen LogP contribution in [0.4, 0.5) is 5.69 Å². The average Bonchev–Trinajstić information content (AvgIpc) is 2.86. The minimum absolute atomic E-state index is 0.00278. The molecule has 0 radical (unpaired) electrons. The fourth-order valence-electron chi connectivity index (χ4n) is 3.79. The van der Waals surface area contributed by atoms with Crippen molar-refractivity contribution in [1.29, 1.82) is 0 Å². The van der Waals surface area contributed by atoms with E-state index in [9.17, 15) is 18.0 Å². The molecule has 39 heavy (non-hydrogen) atoms. The van der Waals surface area contributed by atoms with E-state index in [0.717, 1.165) is 4.31 Å². The quantitative estimate of drug-likeness (QED) is 0.314. The minimum Gasteiger partial charge on any atom is -0.350 e. The number of benzene rings is 3. The zero-order chi connectivity index (χ0) is 29.0. The molecule has 0 aliphatic heterocycles. The Morgan fingerprint density at radius 3 is 2.05 bits per heavy atom. The first-order valence-corrected chi connectivity index (χ1v) is 14.7. The van der Waals surface area contributed by atoms with Crippen molar-refractivity contribution in [1.82, 2.24) is 10.2 Å². The molecule has 0 spiro atoms. The van der Waals surface area contributed by atoms with E-state index in [2.05, 4.69) is 5.32 Å². The number of anilines is 1. The molecule has 3 aromatic carbocycles. The zero-order valence-electron chi connectivity index (χ0n) is 22.0. The molecular weight excluding hydrogens is 581 g/mol. The van der Waals surface area contributed by atoms with Crippen molar-refractivity contribution >= 4 is 62.3 Å². The Morgan fingerprint density at radius 2 is 1.49 bits per heavy atom. The van der Waals surface area contributed by atoms with E-state index in [0.29, 0.717) is 20.6 Å². The highest BCUT2D eigenvalue weighted by atomic mass is 35.5. The van der Waals surface area contributed by atoms with Crippen LogP contribution in [0.2, 0.25) is 15.1 Å². The molecule has 0 bridgehead atoms. The fourth-order valence-corrected chi connectivity index (χ4v) is 5.92. The van der Waals surface area contributed by atoms with Crippen molar-refractivity contribution in [2.24, 2.45) is 0 Å². The van der Waals surface area contributed by atoms with Gasteiger partial charge in [0.1, 0.15) is 12.6 Å². The molecule has 3 rings (SSSR count). The van der Waals surface area contributed by atoms with Crippen molar-refractivity contribution < 1.29 is 18.0 Å². The first kappa shape index (κ1) is 30.8. The first-order chi connectivity index (χ1) is 18.2. The minimum atomic E-state index is -4.19. The lowest BCUT2D eigenvalue weighted by atomic mass is 10.1. The zero-order valence-corrected chi connectivity index (χ0v) is 25.1. The van der Waals surface area contributed by atoms with Gasteiger partial charge in [-0.15, -0.1) is 0 Å². The second-order valence-electron chi connectivity index (χ2n) is 9.94. The van der Waals surface area contributed by atoms with Gasteiger partial charge in [-0.25, -0.2) is 8.42 Å². The maximum Gasteiger partial charge on any atom is 0.264 e. The smallest absolute Gasteiger partial charge is 0.264 e. The van der Waals surface area contributed by atoms with Crippen LogP contribution in [0.25, 0.3) is 0 Å². The molecule has 1 atom stereocenters. The Hall–Kier alpha value is -2.78. The molecule has 11 heteroatoms. The lowest BCUT2D eigenvalue weighted by Gasteiger charge is -2.33. The van der Waals surface area contributed by atoms with Crippen molar-refractivity contribution in [3.8, 4) is 0 Å². The highest BCUT2D eigenvalue weighted by molar-refractivity contribution is 7.92. The van der Waals surface area contributed by atoms with Crippen LogP contribution in [-0.4, -0.2) is 43.3 Å². The summed E-state index contributed by atoms with van der Waals surface area (Å²) in [7, 11) is -4.19. The molecule has 0 heterocycles. The average molecular weight is 611 g/mol. The van der Waals surface area contributed by atoms with E-state index < -0.39 is 40.0 Å². The molecule has 0 aromatic heterocycles. The molecule has 1 N–H and O–H groups in total. The molecular formula is C28H30Cl3N3O4S. The predicted octanol–water partition coefficient (Wildman–Crippen LogP) is 6.17. The standard InChI is InChI=1S/C28H30Cl3N3O4S/c1-19(27(36)32-28(2,3)4)33(17-23-24(30)14-9-15-25(23)31)26(35)18-34(21-11-8-10-20(29)16-21)39(37,38)22-12-6-5-7-13-22/h5-16,19H,17-18H2,1-4H3,(H,32,36)/t19-/m1/s1. The molecule has 7 nitrogen and oxygen atoms in total. The summed E-state index contributed by atoms with van der Waals surface area (Å²) in [4.78, 5) is 28.4. The molecule has 208 valence electrons. The second-order valence-corrected chi connectivity index (χ2v) is 13.1. The normalized spacial score (nSPS) is 12.5. The van der Waals surface area contributed by atoms with Crippen LogP contribution < -0.4 is 9.62 Å². The molecule has 2 amide bonds. The van der Waals surface area contributed by atoms with Gasteiger partial charge in [-0.1, -0.05) is 65.1 Å². The van der Waals surface area contributed by atoms with Gasteiger partial charge in [0.25, 0.3) is 10.0 Å². The van der Waals surface area contributed by atoms with Crippen LogP contribution in [-0.2, 0) is 26.2 Å². The van der Waals surface area contributed by atoms with Crippen LogP contribution in [0, 0.1) is 0 Å². The summed E-state index contributed by atoms with van der Waals surface area (Å²) in [5.74, 6) is -1.05. The van der Waals surface area contributed by atoms with E-state index in [-0.39, 0.29) is 17.1 Å². The van der Waals surface area contributed by atoms with Gasteiger partial charge in [0, 0.05) is 32.7 Å². The Kier molecular flexibility index (Phi) is 9.93. The molecule has 0 aliphatic rings. The summed E-state index contributed by atoms with van der Waals surface area (Å²) < 4.78 is 28.5. The number of amides is 2. The van der Waals surface area contributed by atoms with Crippen molar-refractivity contribution in [2.45, 2.75) is 50.7 Å². The Bertz CT molecular complexity index is 1420. The Morgan fingerprint density at radius 1 is 0.897 bits per heavy atom. The van der Waals surface area contributed by atoms with Gasteiger partial charge in [0.05, 0.1) is 10.6 Å². The fraction of sp³-hybridized carbons (Fsp3) is 0.286. The lowest BCUT2D eigenvalue weighted by molar-refractivity contribution is -0.140. The van der Waals surface area contributed by atoms with Gasteiger partial charge >= 0.3 is 0 Å². The molecule has 0 unspecified atom stereocenters. The van der Waals surface area contributed by atoms with Crippen molar-refractivity contribution in [3.63, 3.8) is 0 Å². The third kappa shape index (κ3) is 7.88. The van der Waals surface area contributed by atoms with Gasteiger partial charge in [0.15, 0.2) is 0 Å². The number of carbonyl (C=O) groups excluding carboxylic acids is 2. The molecule has 0 fully saturated rings. The third-order valence-corrected chi connectivity index (χ3v) is 8.49. The topological polar surface area (TPSA) is 86.8 Å². The number of carbonyl (C=O) groups is 2. The number of rotatable bonds is 9. The predicted molar refractivity (Wildman–Crippen MR) is 157 cm³/mol. The van der Waals surface area contributed by atoms with Crippen LogP contribution in [0.5, 0.6) is 0 Å². The summed E-state index contributed by atoms with van der Waals surface area (Å²) in [6, 6.07) is 17.9. The van der Waals surface area contributed by atoms with Gasteiger partial charge in [-0.2, -0.15) is 0 Å². The third-order valence-electron chi connectivity index (χ3n) is 5.76. The van der Waals surface area contributed by atoms with E-state index in [4.69, 9.17) is 34.8 Å². The van der Waals surface area contributed by atoms with Crippen molar-refractivity contribution in [3.05, 3.63) is 93.4 Å². The summed E-state index contributed by atoms with van der Waals surface area (Å²) in [5.41, 5.74) is 0.0676. The van der Waals surface area contributed by atoms with Crippen LogP contribution in [0.15, 0.2) is 77.7 Å². The number of halogens is 3. The largest absolute Gasteiger partial charge is 0.350 e. The number of sulfonamides is 1. The maximum atomic E-state index is 13.9. The second kappa shape index (κ2) is 12.6. The highest BCUT2D eigenvalue weighted by Gasteiger charge is 2.34. The first-order valence-electron chi connectivity index (χ1n) is 12.1. The molecule has 0 aliphatic carbocycles. The van der Waals surface area contributed by atoms with Gasteiger partial charge < -0.3 is 10.2 Å². The van der Waals surface area contributed by atoms with Gasteiger partial charge in [0.2, 0.25) is 11.8 Å². The molecule has 0 saturated carbocycles. The SMILES string of the molecule is C[C@H](C(=O)NC(C)(C)C)N(Cc1c(Cl)cccc1Cl)C(=O)CN(c1cccc(Cl)c1)S(=O)(=O)c1ccccc1. The van der Waals surface area contributed by atoms with E-state index in [1.807, 2.05) is 20.8 Å². The summed E-state index contributed by atoms with van der Waals surface area (Å²) in [5, 5.41) is 3.79. The van der Waals surface area contributed by atoms with Gasteiger partial charge in [-0.05, 0) is 70.2 Å². The Balaban J connectivity index is 2.07. The summed E-state index contributed by atoms with van der Waals surface area (Å²) in [6.45, 7) is 6.31. The Labute approximate surface area is 244 Å². The van der Waals surface area contributed by atoms with E-state index in [1.54, 1.807) is 61.5 Å². The number of nitrogens with one attached hydrogen (secondary N) is 1. The van der Waals surface area contributed by atoms with E-state index >= 15 is 0 Å². The lowest BCUT2D eigenvalue weighted by Crippen LogP contribution is -2.54. The van der Waals surface area contributed by atoms with Crippen molar-refractivity contribution in [2.75, 3.05) is 10.8 Å². The van der Waals surface area contributed by atoms with Crippen LogP contribution in [0.1, 0.15) is 33.3 Å². The monoisotopic (exact) mass is 609 g/mol. The maximum absolute atomic E-state index is 13.9.